The first-order chi connectivity index (χ1) is 12.8. The van der Waals surface area contributed by atoms with Gasteiger partial charge in [0.05, 0.1) is 12.2 Å². The third-order valence-electron chi connectivity index (χ3n) is 4.77. The summed E-state index contributed by atoms with van der Waals surface area (Å²) in [6, 6.07) is 19.6. The van der Waals surface area contributed by atoms with Crippen molar-refractivity contribution in [2.45, 2.75) is 13.0 Å². The van der Waals surface area contributed by atoms with Gasteiger partial charge in [-0.15, -0.1) is 0 Å². The van der Waals surface area contributed by atoms with Crippen molar-refractivity contribution >= 4 is 27.6 Å². The number of benzene rings is 3. The summed E-state index contributed by atoms with van der Waals surface area (Å²) in [4.78, 5) is 16.1. The molecule has 0 aliphatic carbocycles. The summed E-state index contributed by atoms with van der Waals surface area (Å²) in [5, 5.41) is 15.7. The van der Waals surface area contributed by atoms with Crippen LogP contribution >= 0.6 is 0 Å². The number of aromatic nitrogens is 1. The molecule has 26 heavy (non-hydrogen) atoms. The second-order valence-corrected chi connectivity index (χ2v) is 6.34. The maximum Gasteiger partial charge on any atom is 0.252 e. The monoisotopic (exact) mass is 344 g/mol. The summed E-state index contributed by atoms with van der Waals surface area (Å²) in [5.74, 6) is -0.148. The number of rotatable bonds is 5. The Labute approximate surface area is 151 Å². The highest BCUT2D eigenvalue weighted by molar-refractivity contribution is 6.08. The molecule has 3 aromatic carbocycles. The van der Waals surface area contributed by atoms with E-state index in [2.05, 4.69) is 16.4 Å². The lowest BCUT2D eigenvalue weighted by Crippen LogP contribution is -2.27. The zero-order valence-electron chi connectivity index (χ0n) is 14.3. The second kappa shape index (κ2) is 7.02. The van der Waals surface area contributed by atoms with Crippen LogP contribution in [0, 0.1) is 0 Å². The van der Waals surface area contributed by atoms with E-state index in [0.717, 1.165) is 22.7 Å². The molecule has 4 nitrogen and oxygen atoms in total. The van der Waals surface area contributed by atoms with Gasteiger partial charge in [-0.2, -0.15) is 0 Å². The van der Waals surface area contributed by atoms with E-state index in [1.54, 1.807) is 0 Å². The molecule has 0 saturated heterocycles. The molecule has 1 heterocycles. The van der Waals surface area contributed by atoms with Crippen molar-refractivity contribution in [1.29, 1.82) is 0 Å². The summed E-state index contributed by atoms with van der Waals surface area (Å²) in [6.07, 6.45) is 2.74. The predicted octanol–water partition coefficient (Wildman–Crippen LogP) is 3.79. The van der Waals surface area contributed by atoms with Gasteiger partial charge in [-0.05, 0) is 34.4 Å². The topological polar surface area (TPSA) is 65.1 Å². The molecule has 0 unspecified atom stereocenters. The highest BCUT2D eigenvalue weighted by Crippen LogP contribution is 2.23. The van der Waals surface area contributed by atoms with E-state index in [1.165, 1.54) is 10.9 Å². The maximum atomic E-state index is 12.8. The van der Waals surface area contributed by atoms with E-state index in [0.29, 0.717) is 17.7 Å². The van der Waals surface area contributed by atoms with Gasteiger partial charge in [0.25, 0.3) is 5.91 Å². The van der Waals surface area contributed by atoms with E-state index in [1.807, 2.05) is 60.8 Å². The number of H-pyrrole nitrogens is 1. The third kappa shape index (κ3) is 2.95. The van der Waals surface area contributed by atoms with Gasteiger partial charge in [0.2, 0.25) is 0 Å². The molecule has 0 radical (unpaired) electrons. The Bertz CT molecular complexity index is 1080. The van der Waals surface area contributed by atoms with Gasteiger partial charge in [-0.25, -0.2) is 0 Å². The fourth-order valence-electron chi connectivity index (χ4n) is 3.45. The normalized spacial score (nSPS) is 11.1. The zero-order valence-corrected chi connectivity index (χ0v) is 14.3. The van der Waals surface area contributed by atoms with Crippen molar-refractivity contribution in [3.05, 3.63) is 83.6 Å². The van der Waals surface area contributed by atoms with Crippen LogP contribution < -0.4 is 5.32 Å². The number of carbonyl (C=O) groups is 1. The predicted molar refractivity (Wildman–Crippen MR) is 104 cm³/mol. The Kier molecular flexibility index (Phi) is 4.42. The van der Waals surface area contributed by atoms with Crippen molar-refractivity contribution in [3.8, 4) is 0 Å². The third-order valence-corrected chi connectivity index (χ3v) is 4.77. The number of hydrogen-bond donors (Lipinski definition) is 3. The Balaban J connectivity index is 1.54. The molecular formula is C22H20N2O2. The molecule has 0 spiro atoms. The Hall–Kier alpha value is -3.11. The second-order valence-electron chi connectivity index (χ2n) is 6.34. The average Bonchev–Trinajstić information content (AvgIpc) is 3.10. The quantitative estimate of drug-likeness (QED) is 0.516. The molecule has 3 N–H and O–H groups in total. The maximum absolute atomic E-state index is 12.8. The molecule has 0 aliphatic heterocycles. The first kappa shape index (κ1) is 16.4. The number of aliphatic hydroxyl groups is 1. The summed E-state index contributed by atoms with van der Waals surface area (Å²) in [5.41, 5.74) is 3.49. The number of para-hydroxylation sites is 1. The summed E-state index contributed by atoms with van der Waals surface area (Å²) < 4.78 is 0. The van der Waals surface area contributed by atoms with Crippen LogP contribution in [0.3, 0.4) is 0 Å². The Morgan fingerprint density at radius 1 is 0.923 bits per heavy atom. The van der Waals surface area contributed by atoms with Crippen LogP contribution in [-0.2, 0) is 13.0 Å². The number of fused-ring (bicyclic) bond motifs is 2. The summed E-state index contributed by atoms with van der Waals surface area (Å²) >= 11 is 0. The number of hydrogen-bond acceptors (Lipinski definition) is 2. The molecule has 0 aliphatic rings. The fourth-order valence-corrected chi connectivity index (χ4v) is 3.45. The Morgan fingerprint density at radius 2 is 1.69 bits per heavy atom. The van der Waals surface area contributed by atoms with Gasteiger partial charge in [0.1, 0.15) is 0 Å². The van der Waals surface area contributed by atoms with Crippen molar-refractivity contribution in [2.24, 2.45) is 0 Å². The lowest BCUT2D eigenvalue weighted by molar-refractivity contribution is 0.0953. The van der Waals surface area contributed by atoms with Gasteiger partial charge in [-0.3, -0.25) is 4.79 Å². The average molecular weight is 344 g/mol. The van der Waals surface area contributed by atoms with Crippen molar-refractivity contribution in [1.82, 2.24) is 10.3 Å². The van der Waals surface area contributed by atoms with E-state index in [-0.39, 0.29) is 12.5 Å². The highest BCUT2D eigenvalue weighted by atomic mass is 16.3. The first-order valence-corrected chi connectivity index (χ1v) is 8.72. The molecule has 4 heteroatoms. The molecule has 4 aromatic rings. The molecule has 1 amide bonds. The first-order valence-electron chi connectivity index (χ1n) is 8.72. The van der Waals surface area contributed by atoms with Crippen molar-refractivity contribution in [3.63, 3.8) is 0 Å². The number of aromatic amines is 1. The minimum atomic E-state index is -0.157. The van der Waals surface area contributed by atoms with Crippen LogP contribution in [0.2, 0.25) is 0 Å². The van der Waals surface area contributed by atoms with E-state index in [4.69, 9.17) is 0 Å². The molecule has 130 valence electrons. The number of amides is 1. The Morgan fingerprint density at radius 3 is 2.54 bits per heavy atom. The minimum absolute atomic E-state index is 0.148. The molecule has 4 rings (SSSR count). The SMILES string of the molecule is O=C(NCCc1c[nH]c2ccccc12)c1c(CO)ccc2ccccc12. The van der Waals surface area contributed by atoms with E-state index >= 15 is 0 Å². The molecule has 0 saturated carbocycles. The number of carbonyl (C=O) groups excluding carboxylic acids is 1. The fraction of sp³-hybridized carbons (Fsp3) is 0.136. The van der Waals surface area contributed by atoms with Gasteiger partial charge < -0.3 is 15.4 Å². The molecular weight excluding hydrogens is 324 g/mol. The molecule has 1 aromatic heterocycles. The molecule has 0 atom stereocenters. The van der Waals surface area contributed by atoms with E-state index in [9.17, 15) is 9.90 Å². The minimum Gasteiger partial charge on any atom is -0.392 e. The summed E-state index contributed by atoms with van der Waals surface area (Å²) in [6.45, 7) is 0.380. The van der Waals surface area contributed by atoms with Crippen LogP contribution in [0.5, 0.6) is 0 Å². The zero-order chi connectivity index (χ0) is 17.9. The molecule has 0 fully saturated rings. The van der Waals surface area contributed by atoms with Crippen LogP contribution in [0.4, 0.5) is 0 Å². The van der Waals surface area contributed by atoms with Gasteiger partial charge >= 0.3 is 0 Å². The van der Waals surface area contributed by atoms with Crippen LogP contribution in [0.1, 0.15) is 21.5 Å². The largest absolute Gasteiger partial charge is 0.392 e. The lowest BCUT2D eigenvalue weighted by atomic mass is 9.98. The smallest absolute Gasteiger partial charge is 0.252 e. The van der Waals surface area contributed by atoms with Crippen molar-refractivity contribution in [2.75, 3.05) is 6.54 Å². The number of aliphatic hydroxyl groups excluding tert-OH is 1. The highest BCUT2D eigenvalue weighted by Gasteiger charge is 2.15. The van der Waals surface area contributed by atoms with Crippen LogP contribution in [0.25, 0.3) is 21.7 Å². The number of nitrogens with one attached hydrogen (secondary N) is 2. The van der Waals surface area contributed by atoms with Crippen LogP contribution in [-0.4, -0.2) is 22.5 Å². The lowest BCUT2D eigenvalue weighted by Gasteiger charge is -2.12. The van der Waals surface area contributed by atoms with Crippen molar-refractivity contribution < 1.29 is 9.90 Å². The van der Waals surface area contributed by atoms with Gasteiger partial charge in [-0.1, -0.05) is 54.6 Å². The summed E-state index contributed by atoms with van der Waals surface area (Å²) in [7, 11) is 0. The van der Waals surface area contributed by atoms with E-state index < -0.39 is 0 Å². The van der Waals surface area contributed by atoms with Crippen LogP contribution in [0.15, 0.2) is 66.9 Å². The molecule has 0 bridgehead atoms. The van der Waals surface area contributed by atoms with Gasteiger partial charge in [0, 0.05) is 23.6 Å². The van der Waals surface area contributed by atoms with Gasteiger partial charge in [0.15, 0.2) is 0 Å². The standard InChI is InChI=1S/C22H20N2O2/c25-14-17-10-9-15-5-1-2-7-19(15)21(17)22(26)23-12-11-16-13-24-20-8-4-3-6-18(16)20/h1-10,13,24-25H,11-12,14H2,(H,23,26).